The summed E-state index contributed by atoms with van der Waals surface area (Å²) in [6.07, 6.45) is -2.93. The van der Waals surface area contributed by atoms with Gasteiger partial charge in [-0.25, -0.2) is 0 Å². The van der Waals surface area contributed by atoms with Crippen molar-refractivity contribution in [1.82, 2.24) is 5.32 Å². The molecule has 0 atom stereocenters. The predicted octanol–water partition coefficient (Wildman–Crippen LogP) is 5.06. The van der Waals surface area contributed by atoms with Gasteiger partial charge in [-0.05, 0) is 37.3 Å². The zero-order chi connectivity index (χ0) is 19.6. The Kier molecular flexibility index (Phi) is 6.19. The number of aromatic hydroxyl groups is 1. The number of phenols is 1. The Morgan fingerprint density at radius 3 is 2.12 bits per heavy atom. The first-order chi connectivity index (χ1) is 11.2. The van der Waals surface area contributed by atoms with Gasteiger partial charge in [0.15, 0.2) is 0 Å². The molecule has 2 N–H and O–H groups in total. The van der Waals surface area contributed by atoms with E-state index in [4.69, 9.17) is 0 Å². The standard InChI is InChI=1S/C19H28F3NO2/c1-7-8-9-23-16(25)13-10-12(17(2,3)4)11-14(15(13)24)18(5,6)19(20,21)22/h10-11,24H,7-9H2,1-6H3,(H,23,25). The smallest absolute Gasteiger partial charge is 0.398 e. The summed E-state index contributed by atoms with van der Waals surface area (Å²) in [6, 6.07) is 2.83. The molecule has 142 valence electrons. The molecule has 6 heteroatoms. The Morgan fingerprint density at radius 1 is 1.12 bits per heavy atom. The summed E-state index contributed by atoms with van der Waals surface area (Å²) in [6.45, 7) is 9.94. The molecule has 0 aromatic heterocycles. The fourth-order valence-electron chi connectivity index (χ4n) is 2.34. The molecule has 0 unspecified atom stereocenters. The fourth-order valence-corrected chi connectivity index (χ4v) is 2.34. The van der Waals surface area contributed by atoms with Crippen molar-refractivity contribution in [3.63, 3.8) is 0 Å². The van der Waals surface area contributed by atoms with Crippen LogP contribution in [0.2, 0.25) is 0 Å². The molecule has 3 nitrogen and oxygen atoms in total. The SMILES string of the molecule is CCCCNC(=O)c1cc(C(C)(C)C)cc(C(C)(C)C(F)(F)F)c1O. The van der Waals surface area contributed by atoms with E-state index in [-0.39, 0.29) is 11.1 Å². The van der Waals surface area contributed by atoms with Gasteiger partial charge >= 0.3 is 6.18 Å². The highest BCUT2D eigenvalue weighted by molar-refractivity contribution is 5.97. The van der Waals surface area contributed by atoms with E-state index in [1.807, 2.05) is 27.7 Å². The number of phenolic OH excluding ortho intramolecular Hbond substituents is 1. The predicted molar refractivity (Wildman–Crippen MR) is 93.1 cm³/mol. The first-order valence-electron chi connectivity index (χ1n) is 8.46. The van der Waals surface area contributed by atoms with Crippen LogP contribution in [0.25, 0.3) is 0 Å². The number of amides is 1. The number of halogens is 3. The molecule has 0 saturated heterocycles. The Morgan fingerprint density at radius 2 is 1.68 bits per heavy atom. The van der Waals surface area contributed by atoms with Crippen LogP contribution in [-0.2, 0) is 10.8 Å². The van der Waals surface area contributed by atoms with Crippen molar-refractivity contribution in [3.05, 3.63) is 28.8 Å². The molecule has 1 amide bonds. The highest BCUT2D eigenvalue weighted by Gasteiger charge is 2.50. The van der Waals surface area contributed by atoms with Crippen LogP contribution in [0.1, 0.15) is 75.9 Å². The van der Waals surface area contributed by atoms with Gasteiger partial charge in [-0.1, -0.05) is 40.2 Å². The van der Waals surface area contributed by atoms with E-state index in [2.05, 4.69) is 5.32 Å². The van der Waals surface area contributed by atoms with E-state index < -0.39 is 28.7 Å². The van der Waals surface area contributed by atoms with Crippen LogP contribution in [-0.4, -0.2) is 23.7 Å². The maximum atomic E-state index is 13.5. The highest BCUT2D eigenvalue weighted by Crippen LogP contribution is 2.46. The summed E-state index contributed by atoms with van der Waals surface area (Å²) in [4.78, 5) is 12.4. The fraction of sp³-hybridized carbons (Fsp3) is 0.632. The topological polar surface area (TPSA) is 49.3 Å². The molecule has 0 saturated carbocycles. The zero-order valence-corrected chi connectivity index (χ0v) is 15.8. The van der Waals surface area contributed by atoms with Crippen molar-refractivity contribution in [1.29, 1.82) is 0 Å². The van der Waals surface area contributed by atoms with Gasteiger partial charge in [0.25, 0.3) is 5.91 Å². The van der Waals surface area contributed by atoms with E-state index in [1.165, 1.54) is 12.1 Å². The van der Waals surface area contributed by atoms with Gasteiger partial charge < -0.3 is 10.4 Å². The van der Waals surface area contributed by atoms with Gasteiger partial charge in [-0.3, -0.25) is 4.79 Å². The Bertz CT molecular complexity index is 629. The molecular formula is C19H28F3NO2. The second-order valence-electron chi connectivity index (χ2n) is 7.90. The van der Waals surface area contributed by atoms with Crippen molar-refractivity contribution in [2.45, 2.75) is 71.4 Å². The Balaban J connectivity index is 3.53. The van der Waals surface area contributed by atoms with Crippen molar-refractivity contribution >= 4 is 5.91 Å². The van der Waals surface area contributed by atoms with Gasteiger partial charge in [-0.15, -0.1) is 0 Å². The average molecular weight is 359 g/mol. The van der Waals surface area contributed by atoms with E-state index in [0.29, 0.717) is 12.1 Å². The maximum Gasteiger partial charge on any atom is 0.398 e. The highest BCUT2D eigenvalue weighted by atomic mass is 19.4. The molecule has 0 fully saturated rings. The second-order valence-corrected chi connectivity index (χ2v) is 7.90. The molecule has 1 aromatic carbocycles. The van der Waals surface area contributed by atoms with Crippen LogP contribution in [0, 0.1) is 0 Å². The maximum absolute atomic E-state index is 13.5. The minimum atomic E-state index is -4.56. The van der Waals surface area contributed by atoms with Crippen LogP contribution < -0.4 is 5.32 Å². The summed E-state index contributed by atoms with van der Waals surface area (Å²) >= 11 is 0. The minimum absolute atomic E-state index is 0.115. The van der Waals surface area contributed by atoms with Crippen molar-refractivity contribution in [2.24, 2.45) is 0 Å². The lowest BCUT2D eigenvalue weighted by Gasteiger charge is -2.31. The number of hydrogen-bond donors (Lipinski definition) is 2. The Labute approximate surface area is 147 Å². The first-order valence-corrected chi connectivity index (χ1v) is 8.46. The molecule has 0 spiro atoms. The van der Waals surface area contributed by atoms with Crippen molar-refractivity contribution < 1.29 is 23.1 Å². The van der Waals surface area contributed by atoms with Gasteiger partial charge in [-0.2, -0.15) is 13.2 Å². The van der Waals surface area contributed by atoms with Crippen LogP contribution in [0.5, 0.6) is 5.75 Å². The van der Waals surface area contributed by atoms with E-state index in [1.54, 1.807) is 0 Å². The first kappa shape index (κ1) is 21.3. The van der Waals surface area contributed by atoms with Gasteiger partial charge in [0.2, 0.25) is 0 Å². The van der Waals surface area contributed by atoms with Crippen LogP contribution in [0.15, 0.2) is 12.1 Å². The van der Waals surface area contributed by atoms with Crippen LogP contribution >= 0.6 is 0 Å². The normalized spacial score (nSPS) is 13.0. The van der Waals surface area contributed by atoms with E-state index >= 15 is 0 Å². The summed E-state index contributed by atoms with van der Waals surface area (Å²) in [7, 11) is 0. The number of alkyl halides is 3. The minimum Gasteiger partial charge on any atom is -0.507 e. The number of benzene rings is 1. The second kappa shape index (κ2) is 7.26. The molecule has 0 aliphatic heterocycles. The molecule has 0 aliphatic carbocycles. The largest absolute Gasteiger partial charge is 0.507 e. The van der Waals surface area contributed by atoms with Crippen molar-refractivity contribution in [3.8, 4) is 5.75 Å². The summed E-state index contributed by atoms with van der Waals surface area (Å²) < 4.78 is 40.5. The molecule has 0 bridgehead atoms. The number of carbonyl (C=O) groups excluding carboxylic acids is 1. The number of unbranched alkanes of at least 4 members (excludes halogenated alkanes) is 1. The lowest BCUT2D eigenvalue weighted by molar-refractivity contribution is -0.180. The molecule has 0 radical (unpaired) electrons. The van der Waals surface area contributed by atoms with Gasteiger partial charge in [0.05, 0.1) is 11.0 Å². The summed E-state index contributed by atoms with van der Waals surface area (Å²) in [5.74, 6) is -1.17. The number of nitrogens with one attached hydrogen (secondary N) is 1. The number of rotatable bonds is 5. The monoisotopic (exact) mass is 359 g/mol. The quantitative estimate of drug-likeness (QED) is 0.722. The molecule has 0 heterocycles. The van der Waals surface area contributed by atoms with Crippen molar-refractivity contribution in [2.75, 3.05) is 6.54 Å². The van der Waals surface area contributed by atoms with Crippen LogP contribution in [0.4, 0.5) is 13.2 Å². The third-order valence-corrected chi connectivity index (χ3v) is 4.42. The van der Waals surface area contributed by atoms with Gasteiger partial charge in [0.1, 0.15) is 5.75 Å². The lowest BCUT2D eigenvalue weighted by Crippen LogP contribution is -2.37. The molecular weight excluding hydrogens is 331 g/mol. The molecule has 1 aromatic rings. The summed E-state index contributed by atoms with van der Waals surface area (Å²) in [5, 5.41) is 13.1. The van der Waals surface area contributed by atoms with E-state index in [0.717, 1.165) is 26.7 Å². The van der Waals surface area contributed by atoms with Crippen LogP contribution in [0.3, 0.4) is 0 Å². The van der Waals surface area contributed by atoms with E-state index in [9.17, 15) is 23.1 Å². The molecule has 0 aliphatic rings. The third kappa shape index (κ3) is 4.67. The average Bonchev–Trinajstić information content (AvgIpc) is 2.44. The lowest BCUT2D eigenvalue weighted by atomic mass is 9.77. The zero-order valence-electron chi connectivity index (χ0n) is 15.8. The Hall–Kier alpha value is -1.72. The number of carbonyl (C=O) groups is 1. The third-order valence-electron chi connectivity index (χ3n) is 4.42. The summed E-state index contributed by atoms with van der Waals surface area (Å²) in [5.41, 5.74) is -2.58. The molecule has 25 heavy (non-hydrogen) atoms. The number of hydrogen-bond acceptors (Lipinski definition) is 2. The van der Waals surface area contributed by atoms with Gasteiger partial charge in [0, 0.05) is 12.1 Å². The molecule has 1 rings (SSSR count).